The van der Waals surface area contributed by atoms with Gasteiger partial charge >= 0.3 is 11.9 Å². The molecule has 0 aliphatic carbocycles. The number of halogens is 5. The van der Waals surface area contributed by atoms with Gasteiger partial charge in [0.15, 0.2) is 0 Å². The molecule has 3 aromatic rings. The molecule has 0 radical (unpaired) electrons. The number of rotatable bonds is 7. The van der Waals surface area contributed by atoms with Crippen molar-refractivity contribution in [2.45, 2.75) is 56.3 Å². The van der Waals surface area contributed by atoms with E-state index in [-0.39, 0.29) is 41.0 Å². The fourth-order valence-electron chi connectivity index (χ4n) is 5.54. The van der Waals surface area contributed by atoms with Crippen LogP contribution in [0.4, 0.5) is 13.2 Å². The fraction of sp³-hybridized carbons (Fsp3) is 0.462. The zero-order valence-electron chi connectivity index (χ0n) is 21.7. The number of aromatic nitrogens is 2. The molecule has 2 aromatic carbocycles. The first-order valence-electron chi connectivity index (χ1n) is 12.7. The summed E-state index contributed by atoms with van der Waals surface area (Å²) >= 11 is 5.93. The quantitative estimate of drug-likeness (QED) is 0.347. The number of amides is 1. The van der Waals surface area contributed by atoms with E-state index in [9.17, 15) is 31.2 Å². The standard InChI is InChI=1S/C26H28ClF3N4O4S.ClH/c1-17-4-6-21-22(14-17)32(16-26(28,29)30)25(36)34(21)19-8-12-31(13-9-19)10-2-3-11-33-24(35)20-15-18(27)5-7-23(20)39(33,37)38;/h4-7,14-15,19H,2-3,8-13,16H2,1H3;1H. The molecule has 0 atom stereocenters. The highest BCUT2D eigenvalue weighted by molar-refractivity contribution is 7.90. The highest BCUT2D eigenvalue weighted by atomic mass is 35.5. The van der Waals surface area contributed by atoms with E-state index in [4.69, 9.17) is 11.6 Å². The van der Waals surface area contributed by atoms with E-state index in [0.29, 0.717) is 55.9 Å². The number of unbranched alkanes of at least 4 members (excludes halogenated alkanes) is 1. The molecule has 2 aliphatic heterocycles. The molecule has 8 nitrogen and oxygen atoms in total. The molecule has 2 aliphatic rings. The van der Waals surface area contributed by atoms with Gasteiger partial charge in [-0.3, -0.25) is 13.9 Å². The molecule has 40 heavy (non-hydrogen) atoms. The topological polar surface area (TPSA) is 84.6 Å². The molecule has 0 N–H and O–H groups in total. The Kier molecular flexibility index (Phi) is 8.66. The van der Waals surface area contributed by atoms with Crippen molar-refractivity contribution in [1.29, 1.82) is 0 Å². The van der Waals surface area contributed by atoms with Gasteiger partial charge in [0.1, 0.15) is 11.4 Å². The molecule has 0 bridgehead atoms. The maximum Gasteiger partial charge on any atom is 0.406 e. The number of sulfonamides is 1. The molecule has 0 spiro atoms. The van der Waals surface area contributed by atoms with Gasteiger partial charge in [-0.1, -0.05) is 17.7 Å². The van der Waals surface area contributed by atoms with Crippen molar-refractivity contribution >= 4 is 51.0 Å². The Bertz CT molecular complexity index is 1600. The molecule has 3 heterocycles. The smallest absolute Gasteiger partial charge is 0.303 e. The lowest BCUT2D eigenvalue weighted by Crippen LogP contribution is -2.39. The van der Waals surface area contributed by atoms with Crippen LogP contribution in [0.25, 0.3) is 11.0 Å². The minimum absolute atomic E-state index is 0. The van der Waals surface area contributed by atoms with Gasteiger partial charge in [-0.05, 0) is 75.0 Å². The van der Waals surface area contributed by atoms with Crippen LogP contribution in [0.15, 0.2) is 46.1 Å². The summed E-state index contributed by atoms with van der Waals surface area (Å²) in [6, 6.07) is 9.07. The molecule has 5 rings (SSSR count). The number of aryl methyl sites for hydroxylation is 1. The van der Waals surface area contributed by atoms with E-state index >= 15 is 0 Å². The Labute approximate surface area is 240 Å². The van der Waals surface area contributed by atoms with Gasteiger partial charge < -0.3 is 4.90 Å². The van der Waals surface area contributed by atoms with Crippen LogP contribution < -0.4 is 5.69 Å². The molecule has 0 unspecified atom stereocenters. The number of benzene rings is 2. The van der Waals surface area contributed by atoms with Crippen LogP contribution in [0.2, 0.25) is 5.02 Å². The van der Waals surface area contributed by atoms with Crippen LogP contribution in [0.3, 0.4) is 0 Å². The van der Waals surface area contributed by atoms with Crippen LogP contribution in [0.1, 0.15) is 47.6 Å². The Morgan fingerprint density at radius 3 is 2.33 bits per heavy atom. The van der Waals surface area contributed by atoms with E-state index in [0.717, 1.165) is 14.4 Å². The second-order valence-electron chi connectivity index (χ2n) is 10.1. The van der Waals surface area contributed by atoms with Crippen molar-refractivity contribution in [2.24, 2.45) is 0 Å². The number of carbonyl (C=O) groups is 1. The lowest BCUT2D eigenvalue weighted by Gasteiger charge is -2.32. The highest BCUT2D eigenvalue weighted by Gasteiger charge is 2.40. The summed E-state index contributed by atoms with van der Waals surface area (Å²) in [5.41, 5.74) is 1.01. The number of hydrogen-bond donors (Lipinski definition) is 0. The number of carbonyl (C=O) groups excluding carboxylic acids is 1. The number of hydrogen-bond acceptors (Lipinski definition) is 5. The minimum Gasteiger partial charge on any atom is -0.303 e. The third kappa shape index (κ3) is 5.77. The lowest BCUT2D eigenvalue weighted by atomic mass is 10.0. The molecule has 1 fully saturated rings. The Balaban J connectivity index is 0.00000370. The van der Waals surface area contributed by atoms with Crippen molar-refractivity contribution in [2.75, 3.05) is 26.2 Å². The van der Waals surface area contributed by atoms with Gasteiger partial charge in [0.2, 0.25) is 0 Å². The van der Waals surface area contributed by atoms with Gasteiger partial charge in [0.05, 0.1) is 16.6 Å². The third-order valence-corrected chi connectivity index (χ3v) is 9.51. The minimum atomic E-state index is -4.51. The Morgan fingerprint density at radius 2 is 1.65 bits per heavy atom. The fourth-order valence-corrected chi connectivity index (χ4v) is 7.30. The van der Waals surface area contributed by atoms with Gasteiger partial charge in [0, 0.05) is 30.7 Å². The van der Waals surface area contributed by atoms with Gasteiger partial charge in [-0.2, -0.15) is 13.2 Å². The average Bonchev–Trinajstić information content (AvgIpc) is 3.22. The summed E-state index contributed by atoms with van der Waals surface area (Å²) in [4.78, 5) is 27.9. The zero-order valence-corrected chi connectivity index (χ0v) is 24.0. The normalized spacial score (nSPS) is 17.8. The van der Waals surface area contributed by atoms with E-state index in [2.05, 4.69) is 4.90 Å². The predicted molar refractivity (Wildman–Crippen MR) is 148 cm³/mol. The van der Waals surface area contributed by atoms with Gasteiger partial charge in [-0.25, -0.2) is 17.5 Å². The molecule has 0 saturated carbocycles. The number of nitrogens with zero attached hydrogens (tertiary/aromatic N) is 4. The van der Waals surface area contributed by atoms with Crippen molar-refractivity contribution in [1.82, 2.24) is 18.3 Å². The summed E-state index contributed by atoms with van der Waals surface area (Å²) in [6.07, 6.45) is -2.16. The molecular weight excluding hydrogens is 592 g/mol. The molecule has 1 saturated heterocycles. The van der Waals surface area contributed by atoms with Crippen LogP contribution in [-0.2, 0) is 16.6 Å². The van der Waals surface area contributed by atoms with Crippen LogP contribution in [0.5, 0.6) is 0 Å². The van der Waals surface area contributed by atoms with E-state index < -0.39 is 34.3 Å². The summed E-state index contributed by atoms with van der Waals surface area (Å²) in [6.45, 7) is 2.50. The van der Waals surface area contributed by atoms with Crippen molar-refractivity contribution < 1.29 is 26.4 Å². The molecule has 218 valence electrons. The second-order valence-corrected chi connectivity index (χ2v) is 12.4. The Hall–Kier alpha value is -2.54. The number of piperidine rings is 1. The zero-order chi connectivity index (χ0) is 28.1. The van der Waals surface area contributed by atoms with Crippen molar-refractivity contribution in [3.05, 3.63) is 63.0 Å². The summed E-state index contributed by atoms with van der Waals surface area (Å²) in [7, 11) is -3.88. The number of imidazole rings is 1. The van der Waals surface area contributed by atoms with Crippen molar-refractivity contribution in [3.63, 3.8) is 0 Å². The number of likely N-dealkylation sites (tertiary alicyclic amines) is 1. The summed E-state index contributed by atoms with van der Waals surface area (Å²) in [5.74, 6) is -0.571. The average molecular weight is 622 g/mol. The van der Waals surface area contributed by atoms with Gasteiger partial charge in [0.25, 0.3) is 15.9 Å². The monoisotopic (exact) mass is 620 g/mol. The first-order valence-corrected chi connectivity index (χ1v) is 14.6. The summed E-state index contributed by atoms with van der Waals surface area (Å²) in [5, 5.41) is 0.296. The molecule has 1 aromatic heterocycles. The Morgan fingerprint density at radius 1 is 0.975 bits per heavy atom. The molecule has 14 heteroatoms. The lowest BCUT2D eigenvalue weighted by molar-refractivity contribution is -0.140. The van der Waals surface area contributed by atoms with E-state index in [1.807, 2.05) is 0 Å². The molecule has 1 amide bonds. The first-order chi connectivity index (χ1) is 18.4. The SMILES string of the molecule is Cc1ccc2c(c1)n(CC(F)(F)F)c(=O)n2C1CCN(CCCCN2C(=O)c3cc(Cl)ccc3S2(=O)=O)CC1.Cl. The number of alkyl halides is 3. The maximum absolute atomic E-state index is 13.2. The van der Waals surface area contributed by atoms with Crippen LogP contribution in [-0.4, -0.2) is 65.0 Å². The largest absolute Gasteiger partial charge is 0.406 e. The van der Waals surface area contributed by atoms with Crippen molar-refractivity contribution in [3.8, 4) is 0 Å². The predicted octanol–water partition coefficient (Wildman–Crippen LogP) is 5.01. The van der Waals surface area contributed by atoms with Gasteiger partial charge in [-0.15, -0.1) is 12.4 Å². The molecular formula is C26H29Cl2F3N4O4S. The number of fused-ring (bicyclic) bond motifs is 2. The first kappa shape index (κ1) is 30.4. The second kappa shape index (κ2) is 11.4. The van der Waals surface area contributed by atoms with E-state index in [1.54, 1.807) is 25.1 Å². The highest BCUT2D eigenvalue weighted by Crippen LogP contribution is 2.33. The van der Waals surface area contributed by atoms with Crippen LogP contribution >= 0.6 is 24.0 Å². The third-order valence-electron chi connectivity index (χ3n) is 7.43. The summed E-state index contributed by atoms with van der Waals surface area (Å²) < 4.78 is 68.3. The van der Waals surface area contributed by atoms with E-state index in [1.165, 1.54) is 22.8 Å². The maximum atomic E-state index is 13.2. The van der Waals surface area contributed by atoms with Crippen LogP contribution in [0, 0.1) is 6.92 Å².